The Labute approximate surface area is 136 Å². The third-order valence-corrected chi connectivity index (χ3v) is 3.97. The first-order valence-corrected chi connectivity index (χ1v) is 7.85. The lowest BCUT2D eigenvalue weighted by Crippen LogP contribution is -2.06. The van der Waals surface area contributed by atoms with Crippen LogP contribution < -0.4 is 0 Å². The molecule has 0 spiro atoms. The Morgan fingerprint density at radius 3 is 2.55 bits per heavy atom. The van der Waals surface area contributed by atoms with E-state index in [1.165, 1.54) is 23.9 Å². The summed E-state index contributed by atoms with van der Waals surface area (Å²) in [6.45, 7) is 0.0245. The van der Waals surface area contributed by atoms with Gasteiger partial charge < -0.3 is 4.74 Å². The van der Waals surface area contributed by atoms with Crippen LogP contribution in [0.3, 0.4) is 0 Å². The van der Waals surface area contributed by atoms with E-state index in [0.717, 1.165) is 4.90 Å². The highest BCUT2D eigenvalue weighted by Crippen LogP contribution is 2.24. The minimum Gasteiger partial charge on any atom is -0.457 e. The van der Waals surface area contributed by atoms with Crippen molar-refractivity contribution in [2.24, 2.45) is 0 Å². The van der Waals surface area contributed by atoms with E-state index >= 15 is 0 Å². The number of ether oxygens (including phenoxy) is 1. The molecule has 0 aliphatic heterocycles. The largest absolute Gasteiger partial charge is 0.457 e. The summed E-state index contributed by atoms with van der Waals surface area (Å²) in [5, 5.41) is 10.9. The van der Waals surface area contributed by atoms with Crippen LogP contribution in [0.25, 0.3) is 0 Å². The SMILES string of the molecule is CSc1ccc(Cl)c(C(=O)OCc2ccc([N+](=O)[O-])cc2)c1. The fourth-order valence-electron chi connectivity index (χ4n) is 1.73. The van der Waals surface area contributed by atoms with Gasteiger partial charge in [-0.1, -0.05) is 11.6 Å². The van der Waals surface area contributed by atoms with Gasteiger partial charge in [0, 0.05) is 17.0 Å². The van der Waals surface area contributed by atoms with E-state index in [0.29, 0.717) is 16.1 Å². The maximum Gasteiger partial charge on any atom is 0.340 e. The van der Waals surface area contributed by atoms with Crippen LogP contribution in [0.5, 0.6) is 0 Å². The number of non-ortho nitro benzene ring substituents is 1. The lowest BCUT2D eigenvalue weighted by molar-refractivity contribution is -0.384. The quantitative estimate of drug-likeness (QED) is 0.351. The van der Waals surface area contributed by atoms with Crippen molar-refractivity contribution in [3.63, 3.8) is 0 Å². The topological polar surface area (TPSA) is 69.4 Å². The highest BCUT2D eigenvalue weighted by molar-refractivity contribution is 7.98. The predicted octanol–water partition coefficient (Wildman–Crippen LogP) is 4.33. The number of nitro groups is 1. The van der Waals surface area contributed by atoms with E-state index in [1.54, 1.807) is 24.3 Å². The van der Waals surface area contributed by atoms with E-state index in [2.05, 4.69) is 0 Å². The third kappa shape index (κ3) is 3.99. The molecule has 0 aliphatic carbocycles. The molecular formula is C15H12ClNO4S. The minimum absolute atomic E-state index is 0.00853. The lowest BCUT2D eigenvalue weighted by Gasteiger charge is -2.07. The molecule has 0 radical (unpaired) electrons. The Kier molecular flexibility index (Phi) is 5.41. The van der Waals surface area contributed by atoms with Gasteiger partial charge in [0.2, 0.25) is 0 Å². The van der Waals surface area contributed by atoms with Crippen LogP contribution in [0.15, 0.2) is 47.4 Å². The van der Waals surface area contributed by atoms with E-state index in [9.17, 15) is 14.9 Å². The molecule has 5 nitrogen and oxygen atoms in total. The molecule has 2 aromatic carbocycles. The first-order chi connectivity index (χ1) is 10.5. The molecule has 0 N–H and O–H groups in total. The number of benzene rings is 2. The number of nitrogens with zero attached hydrogens (tertiary/aromatic N) is 1. The number of nitro benzene ring substituents is 1. The van der Waals surface area contributed by atoms with Gasteiger partial charge in [0.15, 0.2) is 0 Å². The first-order valence-electron chi connectivity index (χ1n) is 6.25. The van der Waals surface area contributed by atoms with Gasteiger partial charge >= 0.3 is 5.97 Å². The molecule has 0 heterocycles. The molecule has 0 unspecified atom stereocenters. The Morgan fingerprint density at radius 1 is 1.27 bits per heavy atom. The van der Waals surface area contributed by atoms with E-state index < -0.39 is 10.9 Å². The molecule has 0 amide bonds. The number of halogens is 1. The summed E-state index contributed by atoms with van der Waals surface area (Å²) >= 11 is 7.50. The number of hydrogen-bond acceptors (Lipinski definition) is 5. The number of carbonyl (C=O) groups is 1. The normalized spacial score (nSPS) is 10.3. The molecule has 2 rings (SSSR count). The van der Waals surface area contributed by atoms with E-state index in [1.807, 2.05) is 12.3 Å². The zero-order chi connectivity index (χ0) is 16.1. The maximum atomic E-state index is 12.1. The average Bonchev–Trinajstić information content (AvgIpc) is 2.53. The highest BCUT2D eigenvalue weighted by Gasteiger charge is 2.13. The van der Waals surface area contributed by atoms with Crippen molar-refractivity contribution in [1.82, 2.24) is 0 Å². The van der Waals surface area contributed by atoms with Crippen LogP contribution in [0.1, 0.15) is 15.9 Å². The predicted molar refractivity (Wildman–Crippen MR) is 85.4 cm³/mol. The van der Waals surface area contributed by atoms with Crippen molar-refractivity contribution in [3.05, 3.63) is 68.7 Å². The van der Waals surface area contributed by atoms with Gasteiger partial charge in [-0.25, -0.2) is 4.79 Å². The van der Waals surface area contributed by atoms with Gasteiger partial charge in [0.25, 0.3) is 5.69 Å². The van der Waals surface area contributed by atoms with Crippen molar-refractivity contribution in [2.45, 2.75) is 11.5 Å². The molecule has 2 aromatic rings. The van der Waals surface area contributed by atoms with Gasteiger partial charge in [-0.3, -0.25) is 10.1 Å². The van der Waals surface area contributed by atoms with Crippen molar-refractivity contribution in [1.29, 1.82) is 0 Å². The Balaban J connectivity index is 2.05. The number of thioether (sulfide) groups is 1. The van der Waals surface area contributed by atoms with Crippen molar-refractivity contribution in [2.75, 3.05) is 6.26 Å². The lowest BCUT2D eigenvalue weighted by atomic mass is 10.2. The smallest absolute Gasteiger partial charge is 0.340 e. The molecule has 0 bridgehead atoms. The second-order valence-electron chi connectivity index (χ2n) is 4.35. The van der Waals surface area contributed by atoms with Crippen LogP contribution >= 0.6 is 23.4 Å². The molecular weight excluding hydrogens is 326 g/mol. The molecule has 22 heavy (non-hydrogen) atoms. The summed E-state index contributed by atoms with van der Waals surface area (Å²) in [6.07, 6.45) is 1.90. The molecule has 114 valence electrons. The maximum absolute atomic E-state index is 12.1. The minimum atomic E-state index is -0.528. The number of hydrogen-bond donors (Lipinski definition) is 0. The van der Waals surface area contributed by atoms with Crippen LogP contribution in [0, 0.1) is 10.1 Å². The highest BCUT2D eigenvalue weighted by atomic mass is 35.5. The first kappa shape index (κ1) is 16.3. The van der Waals surface area contributed by atoms with Gasteiger partial charge in [0.05, 0.1) is 15.5 Å². The summed E-state index contributed by atoms with van der Waals surface area (Å²) in [5.41, 5.74) is 0.956. The molecule has 0 aliphatic rings. The summed E-state index contributed by atoms with van der Waals surface area (Å²) < 4.78 is 5.19. The molecule has 0 atom stereocenters. The van der Waals surface area contributed by atoms with Crippen LogP contribution in [-0.2, 0) is 11.3 Å². The Morgan fingerprint density at radius 2 is 1.95 bits per heavy atom. The molecule has 7 heteroatoms. The van der Waals surface area contributed by atoms with Crippen molar-refractivity contribution >= 4 is 35.0 Å². The summed E-state index contributed by atoms with van der Waals surface area (Å²) in [5.74, 6) is -0.528. The van der Waals surface area contributed by atoms with E-state index in [-0.39, 0.29) is 12.3 Å². The summed E-state index contributed by atoms with van der Waals surface area (Å²) in [7, 11) is 0. The molecule has 0 aromatic heterocycles. The van der Waals surface area contributed by atoms with Crippen LogP contribution in [-0.4, -0.2) is 17.1 Å². The molecule has 0 saturated carbocycles. The van der Waals surface area contributed by atoms with Gasteiger partial charge in [0.1, 0.15) is 6.61 Å². The zero-order valence-electron chi connectivity index (χ0n) is 11.6. The van der Waals surface area contributed by atoms with Crippen LogP contribution in [0.4, 0.5) is 5.69 Å². The zero-order valence-corrected chi connectivity index (χ0v) is 13.2. The molecule has 0 saturated heterocycles. The fraction of sp³-hybridized carbons (Fsp3) is 0.133. The number of esters is 1. The summed E-state index contributed by atoms with van der Waals surface area (Å²) in [6, 6.07) is 11.0. The number of rotatable bonds is 5. The second kappa shape index (κ2) is 7.29. The standard InChI is InChI=1S/C15H12ClNO4S/c1-22-12-6-7-14(16)13(8-12)15(18)21-9-10-2-4-11(5-3-10)17(19)20/h2-8H,9H2,1H3. The monoisotopic (exact) mass is 337 g/mol. The fourth-order valence-corrected chi connectivity index (χ4v) is 2.36. The average molecular weight is 338 g/mol. The van der Waals surface area contributed by atoms with E-state index in [4.69, 9.17) is 16.3 Å². The second-order valence-corrected chi connectivity index (χ2v) is 5.63. The van der Waals surface area contributed by atoms with Crippen molar-refractivity contribution in [3.8, 4) is 0 Å². The number of carbonyl (C=O) groups excluding carboxylic acids is 1. The Hall–Kier alpha value is -2.05. The Bertz CT molecular complexity index is 703. The molecule has 0 fully saturated rings. The van der Waals surface area contributed by atoms with Gasteiger partial charge in [-0.15, -0.1) is 11.8 Å². The summed E-state index contributed by atoms with van der Waals surface area (Å²) in [4.78, 5) is 23.0. The van der Waals surface area contributed by atoms with Crippen molar-refractivity contribution < 1.29 is 14.5 Å². The van der Waals surface area contributed by atoms with Gasteiger partial charge in [-0.05, 0) is 42.2 Å². The van der Waals surface area contributed by atoms with Gasteiger partial charge in [-0.2, -0.15) is 0 Å². The third-order valence-electron chi connectivity index (χ3n) is 2.91. The van der Waals surface area contributed by atoms with Crippen LogP contribution in [0.2, 0.25) is 5.02 Å².